The predicted octanol–water partition coefficient (Wildman–Crippen LogP) is 1.39. The van der Waals surface area contributed by atoms with E-state index in [4.69, 9.17) is 0 Å². The third-order valence-corrected chi connectivity index (χ3v) is 2.91. The topological polar surface area (TPSA) is 84.2 Å². The summed E-state index contributed by atoms with van der Waals surface area (Å²) in [6.07, 6.45) is 0.768. The molecular weight excluding hydrogens is 270 g/mol. The lowest BCUT2D eigenvalue weighted by Gasteiger charge is -2.09. The average Bonchev–Trinajstić information content (AvgIpc) is 2.44. The molecule has 0 unspecified atom stereocenters. The molecule has 0 bridgehead atoms. The third kappa shape index (κ3) is 3.28. The van der Waals surface area contributed by atoms with Crippen LogP contribution in [0.4, 0.5) is 0 Å². The Balaban J connectivity index is 2.48. The van der Waals surface area contributed by atoms with Crippen LogP contribution < -0.4 is 10.9 Å². The van der Waals surface area contributed by atoms with Gasteiger partial charge in [0.05, 0.1) is 5.69 Å². The van der Waals surface area contributed by atoms with E-state index in [0.717, 1.165) is 22.7 Å². The van der Waals surface area contributed by atoms with Crippen LogP contribution in [0.2, 0.25) is 0 Å². The Kier molecular flexibility index (Phi) is 4.37. The van der Waals surface area contributed by atoms with Gasteiger partial charge in [-0.1, -0.05) is 19.1 Å². The fourth-order valence-electron chi connectivity index (χ4n) is 1.88. The van der Waals surface area contributed by atoms with Crippen molar-refractivity contribution in [3.05, 3.63) is 51.9 Å². The number of nitrogens with one attached hydrogen (secondary N) is 1. The van der Waals surface area contributed by atoms with Gasteiger partial charge in [-0.3, -0.25) is 9.59 Å². The second-order valence-corrected chi connectivity index (χ2v) is 4.72. The van der Waals surface area contributed by atoms with Gasteiger partial charge in [-0.15, -0.1) is 0 Å². The quantitative estimate of drug-likeness (QED) is 0.890. The first kappa shape index (κ1) is 14.8. The molecule has 1 heterocycles. The lowest BCUT2D eigenvalue weighted by Crippen LogP contribution is -2.29. The number of aromatic hydroxyl groups is 1. The molecule has 0 atom stereocenters. The molecule has 0 saturated heterocycles. The summed E-state index contributed by atoms with van der Waals surface area (Å²) in [4.78, 5) is 23.9. The van der Waals surface area contributed by atoms with Crippen molar-refractivity contribution in [2.45, 2.75) is 20.3 Å². The standard InChI is InChI=1S/C15H17N3O3/c1-3-7-16-15(21)14-12(19)9-13(20)18(17-14)11-6-4-5-10(2)8-11/h4-6,8-9,19H,3,7H2,1-2H3,(H,16,21). The van der Waals surface area contributed by atoms with Crippen LogP contribution in [0.25, 0.3) is 5.69 Å². The third-order valence-electron chi connectivity index (χ3n) is 2.91. The fourth-order valence-corrected chi connectivity index (χ4v) is 1.88. The monoisotopic (exact) mass is 287 g/mol. The summed E-state index contributed by atoms with van der Waals surface area (Å²) in [6.45, 7) is 4.29. The number of amides is 1. The minimum atomic E-state index is -0.504. The van der Waals surface area contributed by atoms with E-state index in [1.807, 2.05) is 19.9 Å². The SMILES string of the molecule is CCCNC(=O)c1nn(-c2cccc(C)c2)c(=O)cc1O. The molecule has 0 aliphatic heterocycles. The lowest BCUT2D eigenvalue weighted by atomic mass is 10.2. The average molecular weight is 287 g/mol. The first-order valence-corrected chi connectivity index (χ1v) is 6.71. The maximum Gasteiger partial charge on any atom is 0.275 e. The van der Waals surface area contributed by atoms with Gasteiger partial charge in [0, 0.05) is 12.6 Å². The Morgan fingerprint density at radius 1 is 1.38 bits per heavy atom. The molecule has 21 heavy (non-hydrogen) atoms. The highest BCUT2D eigenvalue weighted by molar-refractivity contribution is 5.94. The van der Waals surface area contributed by atoms with Crippen molar-refractivity contribution in [3.63, 3.8) is 0 Å². The zero-order chi connectivity index (χ0) is 15.4. The summed E-state index contributed by atoms with van der Waals surface area (Å²) in [5.74, 6) is -0.923. The second-order valence-electron chi connectivity index (χ2n) is 4.72. The molecule has 1 amide bonds. The molecule has 110 valence electrons. The van der Waals surface area contributed by atoms with Gasteiger partial charge in [-0.2, -0.15) is 9.78 Å². The molecule has 6 nitrogen and oxygen atoms in total. The van der Waals surface area contributed by atoms with Gasteiger partial charge in [-0.05, 0) is 31.0 Å². The molecule has 1 aromatic heterocycles. The van der Waals surface area contributed by atoms with E-state index in [9.17, 15) is 14.7 Å². The van der Waals surface area contributed by atoms with E-state index in [0.29, 0.717) is 12.2 Å². The van der Waals surface area contributed by atoms with Gasteiger partial charge in [0.1, 0.15) is 0 Å². The molecule has 0 fully saturated rings. The molecule has 1 aromatic carbocycles. The normalized spacial score (nSPS) is 10.4. The molecule has 2 rings (SSSR count). The van der Waals surface area contributed by atoms with Crippen molar-refractivity contribution in [1.82, 2.24) is 15.1 Å². The molecular formula is C15H17N3O3. The maximum atomic E-state index is 11.9. The van der Waals surface area contributed by atoms with Gasteiger partial charge in [-0.25, -0.2) is 0 Å². The van der Waals surface area contributed by atoms with E-state index >= 15 is 0 Å². The Morgan fingerprint density at radius 2 is 2.14 bits per heavy atom. The summed E-state index contributed by atoms with van der Waals surface area (Å²) >= 11 is 0. The number of rotatable bonds is 4. The molecule has 0 radical (unpaired) electrons. The van der Waals surface area contributed by atoms with Crippen LogP contribution in [0.3, 0.4) is 0 Å². The van der Waals surface area contributed by atoms with Crippen LogP contribution in [0.15, 0.2) is 35.1 Å². The lowest BCUT2D eigenvalue weighted by molar-refractivity contribution is 0.0943. The first-order valence-electron chi connectivity index (χ1n) is 6.71. The van der Waals surface area contributed by atoms with Gasteiger partial charge in [0.25, 0.3) is 11.5 Å². The Labute approximate surface area is 122 Å². The van der Waals surface area contributed by atoms with Crippen molar-refractivity contribution in [2.24, 2.45) is 0 Å². The second kappa shape index (κ2) is 6.21. The van der Waals surface area contributed by atoms with E-state index in [1.165, 1.54) is 0 Å². The maximum absolute atomic E-state index is 11.9. The van der Waals surface area contributed by atoms with Crippen molar-refractivity contribution < 1.29 is 9.90 Å². The van der Waals surface area contributed by atoms with E-state index in [-0.39, 0.29) is 5.69 Å². The number of hydrogen-bond donors (Lipinski definition) is 2. The zero-order valence-electron chi connectivity index (χ0n) is 12.0. The summed E-state index contributed by atoms with van der Waals surface area (Å²) < 4.78 is 1.10. The molecule has 0 spiro atoms. The number of aromatic nitrogens is 2. The number of carbonyl (C=O) groups excluding carboxylic acids is 1. The van der Waals surface area contributed by atoms with Crippen LogP contribution in [0, 0.1) is 6.92 Å². The Bertz CT molecular complexity index is 722. The number of aryl methyl sites for hydroxylation is 1. The Hall–Kier alpha value is -2.63. The number of carbonyl (C=O) groups is 1. The fraction of sp³-hybridized carbons (Fsp3) is 0.267. The van der Waals surface area contributed by atoms with Crippen LogP contribution >= 0.6 is 0 Å². The number of nitrogens with zero attached hydrogens (tertiary/aromatic N) is 2. The molecule has 2 N–H and O–H groups in total. The van der Waals surface area contributed by atoms with Gasteiger partial charge < -0.3 is 10.4 Å². The molecule has 6 heteroatoms. The van der Waals surface area contributed by atoms with Crippen molar-refractivity contribution in [1.29, 1.82) is 0 Å². The zero-order valence-corrected chi connectivity index (χ0v) is 12.0. The molecule has 0 saturated carbocycles. The van der Waals surface area contributed by atoms with E-state index in [2.05, 4.69) is 10.4 Å². The largest absolute Gasteiger partial charge is 0.505 e. The smallest absolute Gasteiger partial charge is 0.275 e. The number of hydrogen-bond acceptors (Lipinski definition) is 4. The van der Waals surface area contributed by atoms with Crippen LogP contribution in [0.1, 0.15) is 29.4 Å². The minimum absolute atomic E-state index is 0.162. The van der Waals surface area contributed by atoms with Gasteiger partial charge >= 0.3 is 0 Å². The van der Waals surface area contributed by atoms with Crippen molar-refractivity contribution in [2.75, 3.05) is 6.54 Å². The minimum Gasteiger partial charge on any atom is -0.505 e. The highest BCUT2D eigenvalue weighted by Gasteiger charge is 2.16. The van der Waals surface area contributed by atoms with Gasteiger partial charge in [0.15, 0.2) is 11.4 Å². The van der Waals surface area contributed by atoms with Crippen LogP contribution in [0.5, 0.6) is 5.75 Å². The van der Waals surface area contributed by atoms with E-state index < -0.39 is 17.2 Å². The molecule has 2 aromatic rings. The highest BCUT2D eigenvalue weighted by Crippen LogP contribution is 2.13. The van der Waals surface area contributed by atoms with Crippen molar-refractivity contribution >= 4 is 5.91 Å². The first-order chi connectivity index (χ1) is 10.0. The van der Waals surface area contributed by atoms with E-state index in [1.54, 1.807) is 18.2 Å². The van der Waals surface area contributed by atoms with Gasteiger partial charge in [0.2, 0.25) is 0 Å². The summed E-state index contributed by atoms with van der Waals surface area (Å²) in [5, 5.41) is 16.4. The van der Waals surface area contributed by atoms with Crippen LogP contribution in [-0.4, -0.2) is 27.3 Å². The predicted molar refractivity (Wildman–Crippen MR) is 78.9 cm³/mol. The van der Waals surface area contributed by atoms with Crippen molar-refractivity contribution in [3.8, 4) is 11.4 Å². The molecule has 0 aliphatic rings. The summed E-state index contributed by atoms with van der Waals surface area (Å²) in [6, 6.07) is 8.17. The Morgan fingerprint density at radius 3 is 2.81 bits per heavy atom. The number of benzene rings is 1. The highest BCUT2D eigenvalue weighted by atomic mass is 16.3. The molecule has 0 aliphatic carbocycles. The summed E-state index contributed by atoms with van der Waals surface area (Å²) in [5.41, 5.74) is 0.852. The van der Waals surface area contributed by atoms with Crippen LogP contribution in [-0.2, 0) is 0 Å². The summed E-state index contributed by atoms with van der Waals surface area (Å²) in [7, 11) is 0.